The summed E-state index contributed by atoms with van der Waals surface area (Å²) in [6.45, 7) is 12.8. The van der Waals surface area contributed by atoms with E-state index in [0.717, 1.165) is 20.0 Å². The Kier molecular flexibility index (Phi) is 7.12. The van der Waals surface area contributed by atoms with E-state index in [2.05, 4.69) is 26.8 Å². The molecule has 0 radical (unpaired) electrons. The third-order valence-electron chi connectivity index (χ3n) is 8.32. The molecule has 0 aliphatic heterocycles. The topological polar surface area (TPSA) is 54.4 Å². The molecular weight excluding hydrogens is 348 g/mol. The van der Waals surface area contributed by atoms with Crippen LogP contribution in [-0.4, -0.2) is 23.8 Å². The molecule has 0 saturated heterocycles. The highest BCUT2D eigenvalue weighted by Gasteiger charge is 2.59. The summed E-state index contributed by atoms with van der Waals surface area (Å²) in [4.78, 5) is 24.2. The van der Waals surface area contributed by atoms with Gasteiger partial charge in [-0.2, -0.15) is 0 Å². The highest BCUT2D eigenvalue weighted by Crippen LogP contribution is 2.66. The summed E-state index contributed by atoms with van der Waals surface area (Å²) in [5, 5.41) is 7.00. The van der Waals surface area contributed by atoms with Gasteiger partial charge in [-0.25, -0.2) is 0 Å². The number of Topliss-reactive ketones (excluding diaryl/α,β-unsaturated/α-hetero) is 1. The Morgan fingerprint density at radius 2 is 1.71 bits per heavy atom. The van der Waals surface area contributed by atoms with E-state index >= 15 is 0 Å². The van der Waals surface area contributed by atoms with Gasteiger partial charge in [0.25, 0.3) is 0 Å². The van der Waals surface area contributed by atoms with Crippen molar-refractivity contribution in [2.75, 3.05) is 7.11 Å². The fourth-order valence-corrected chi connectivity index (χ4v) is 7.08. The second-order valence-electron chi connectivity index (χ2n) is 9.37. The van der Waals surface area contributed by atoms with Gasteiger partial charge in [0.1, 0.15) is 5.78 Å². The molecule has 0 heterocycles. The number of hydrogen-bond donors (Lipinski definition) is 1. The number of allylic oxidation sites excluding steroid dienone is 4. The summed E-state index contributed by atoms with van der Waals surface area (Å²) in [6.07, 6.45) is 10.8. The van der Waals surface area contributed by atoms with Gasteiger partial charge in [0, 0.05) is 19.4 Å². The number of ketones is 2. The Morgan fingerprint density at radius 3 is 2.32 bits per heavy atom. The average Bonchev–Trinajstić information content (AvgIpc) is 3.04. The molecule has 2 fully saturated rings. The van der Waals surface area contributed by atoms with Crippen molar-refractivity contribution in [1.82, 2.24) is 0 Å². The minimum Gasteiger partial charge on any atom is -0.400 e. The molecule has 158 valence electrons. The van der Waals surface area contributed by atoms with Crippen LogP contribution < -0.4 is 0 Å². The highest BCUT2D eigenvalue weighted by molar-refractivity contribution is 5.92. The Morgan fingerprint density at radius 1 is 1.07 bits per heavy atom. The quantitative estimate of drug-likeness (QED) is 0.643. The summed E-state index contributed by atoms with van der Waals surface area (Å²) in [7, 11) is 1.00. The smallest absolute Gasteiger partial charge is 0.156 e. The summed E-state index contributed by atoms with van der Waals surface area (Å²) in [5.41, 5.74) is 2.98. The van der Waals surface area contributed by atoms with Crippen LogP contribution in [0.1, 0.15) is 80.1 Å². The van der Waals surface area contributed by atoms with Crippen LogP contribution in [0.25, 0.3) is 0 Å². The summed E-state index contributed by atoms with van der Waals surface area (Å²) in [6, 6.07) is 0. The van der Waals surface area contributed by atoms with Crippen LogP contribution in [0, 0.1) is 34.5 Å². The molecule has 0 spiro atoms. The maximum Gasteiger partial charge on any atom is 0.156 e. The number of aliphatic hydroxyl groups excluding tert-OH is 1. The average molecular weight is 389 g/mol. The van der Waals surface area contributed by atoms with Crippen LogP contribution in [0.5, 0.6) is 0 Å². The van der Waals surface area contributed by atoms with Crippen LogP contribution in [-0.2, 0) is 9.59 Å². The second kappa shape index (κ2) is 8.65. The Labute approximate surface area is 171 Å². The molecule has 4 rings (SSSR count). The van der Waals surface area contributed by atoms with Crippen LogP contribution in [0.3, 0.4) is 0 Å². The normalized spacial score (nSPS) is 40.9. The first-order chi connectivity index (χ1) is 13.3. The van der Waals surface area contributed by atoms with Crippen LogP contribution in [0.4, 0.5) is 0 Å². The van der Waals surface area contributed by atoms with Gasteiger partial charge < -0.3 is 5.11 Å². The van der Waals surface area contributed by atoms with Gasteiger partial charge in [-0.1, -0.05) is 39.3 Å². The lowest BCUT2D eigenvalue weighted by Crippen LogP contribution is -2.50. The molecule has 1 N–H and O–H groups in total. The Hall–Kier alpha value is -1.22. The molecule has 0 aromatic rings. The third-order valence-corrected chi connectivity index (χ3v) is 8.32. The molecule has 0 bridgehead atoms. The van der Waals surface area contributed by atoms with Crippen molar-refractivity contribution in [3.63, 3.8) is 0 Å². The monoisotopic (exact) mass is 388 g/mol. The number of carbonyl (C=O) groups is 2. The molecule has 28 heavy (non-hydrogen) atoms. The molecule has 3 nitrogen and oxygen atoms in total. The minimum atomic E-state index is 0.160. The summed E-state index contributed by atoms with van der Waals surface area (Å²) < 4.78 is 0. The van der Waals surface area contributed by atoms with E-state index < -0.39 is 0 Å². The van der Waals surface area contributed by atoms with Crippen molar-refractivity contribution in [3.05, 3.63) is 23.3 Å². The number of hydrogen-bond acceptors (Lipinski definition) is 3. The molecule has 4 aliphatic carbocycles. The van der Waals surface area contributed by atoms with E-state index in [4.69, 9.17) is 5.11 Å². The Bertz CT molecular complexity index is 673. The van der Waals surface area contributed by atoms with Gasteiger partial charge >= 0.3 is 0 Å². The molecule has 0 amide bonds. The minimum absolute atomic E-state index is 0.160. The van der Waals surface area contributed by atoms with Gasteiger partial charge in [-0.3, -0.25) is 9.59 Å². The molecule has 6 atom stereocenters. The molecule has 0 aromatic carbocycles. The molecular formula is C25H40O3. The van der Waals surface area contributed by atoms with E-state index in [-0.39, 0.29) is 16.7 Å². The zero-order valence-corrected chi connectivity index (χ0v) is 19.0. The van der Waals surface area contributed by atoms with Crippen molar-refractivity contribution in [1.29, 1.82) is 0 Å². The SMILES string of the molecule is CC.CC(=O)C1CCC2C3C=C(C)C4=CC(=O)CCC4(C)C3CCC12C.CO. The van der Waals surface area contributed by atoms with E-state index in [1.54, 1.807) is 6.92 Å². The number of carbonyl (C=O) groups excluding carboxylic acids is 2. The number of rotatable bonds is 1. The Balaban J connectivity index is 0.000000660. The zero-order chi connectivity index (χ0) is 21.3. The van der Waals surface area contributed by atoms with Gasteiger partial charge in [0.2, 0.25) is 0 Å². The second-order valence-corrected chi connectivity index (χ2v) is 9.37. The predicted molar refractivity (Wildman–Crippen MR) is 115 cm³/mol. The lowest BCUT2D eigenvalue weighted by atomic mass is 9.47. The maximum absolute atomic E-state index is 12.2. The van der Waals surface area contributed by atoms with Crippen LogP contribution in [0.15, 0.2) is 23.3 Å². The van der Waals surface area contributed by atoms with E-state index in [9.17, 15) is 9.59 Å². The highest BCUT2D eigenvalue weighted by atomic mass is 16.2. The first kappa shape index (κ1) is 23.1. The summed E-state index contributed by atoms with van der Waals surface area (Å²) in [5.74, 6) is 2.82. The van der Waals surface area contributed by atoms with Crippen molar-refractivity contribution in [3.8, 4) is 0 Å². The molecule has 4 aliphatic rings. The van der Waals surface area contributed by atoms with Gasteiger partial charge in [-0.05, 0) is 86.2 Å². The maximum atomic E-state index is 12.2. The van der Waals surface area contributed by atoms with Gasteiger partial charge in [0.15, 0.2) is 5.78 Å². The van der Waals surface area contributed by atoms with Crippen molar-refractivity contribution < 1.29 is 14.7 Å². The van der Waals surface area contributed by atoms with Crippen molar-refractivity contribution in [2.45, 2.75) is 80.1 Å². The predicted octanol–water partition coefficient (Wildman–Crippen LogP) is 5.52. The molecule has 3 heteroatoms. The van der Waals surface area contributed by atoms with E-state index in [0.29, 0.717) is 35.7 Å². The van der Waals surface area contributed by atoms with Gasteiger partial charge in [0.05, 0.1) is 0 Å². The molecule has 6 unspecified atom stereocenters. The largest absolute Gasteiger partial charge is 0.400 e. The number of aliphatic hydroxyl groups is 1. The zero-order valence-electron chi connectivity index (χ0n) is 19.0. The fraction of sp³-hybridized carbons (Fsp3) is 0.760. The van der Waals surface area contributed by atoms with E-state index in [1.165, 1.54) is 30.4 Å². The van der Waals surface area contributed by atoms with Crippen LogP contribution >= 0.6 is 0 Å². The van der Waals surface area contributed by atoms with Crippen LogP contribution in [0.2, 0.25) is 0 Å². The fourth-order valence-electron chi connectivity index (χ4n) is 7.08. The lowest BCUT2D eigenvalue weighted by Gasteiger charge is -2.56. The molecule has 2 saturated carbocycles. The lowest BCUT2D eigenvalue weighted by molar-refractivity contribution is -0.127. The first-order valence-electron chi connectivity index (χ1n) is 11.2. The van der Waals surface area contributed by atoms with Gasteiger partial charge in [-0.15, -0.1) is 0 Å². The standard InChI is InChI=1S/C22H30O2.C2H6.CH4O/c1-13-11-16-18-6-5-17(14(2)23)21(18,3)10-8-19(16)22(4)9-7-15(24)12-20(13)22;2*1-2/h11-12,16-19H,5-10H2,1-4H3;1-2H3;2H,1H3. The summed E-state index contributed by atoms with van der Waals surface area (Å²) >= 11 is 0. The molecule has 0 aromatic heterocycles. The van der Waals surface area contributed by atoms with E-state index in [1.807, 2.05) is 19.9 Å². The third kappa shape index (κ3) is 3.44. The van der Waals surface area contributed by atoms with Crippen molar-refractivity contribution >= 4 is 11.6 Å². The first-order valence-corrected chi connectivity index (χ1v) is 11.2. The number of fused-ring (bicyclic) bond motifs is 5. The van der Waals surface area contributed by atoms with Crippen molar-refractivity contribution in [2.24, 2.45) is 34.5 Å².